The van der Waals surface area contributed by atoms with E-state index in [-0.39, 0.29) is 22.3 Å². The van der Waals surface area contributed by atoms with Crippen LogP contribution >= 0.6 is 0 Å². The van der Waals surface area contributed by atoms with Crippen molar-refractivity contribution in [3.63, 3.8) is 0 Å². The van der Waals surface area contributed by atoms with E-state index < -0.39 is 29.4 Å². The summed E-state index contributed by atoms with van der Waals surface area (Å²) in [6.45, 7) is 3.95. The third-order valence-electron chi connectivity index (χ3n) is 5.22. The van der Waals surface area contributed by atoms with Gasteiger partial charge >= 0.3 is 0 Å². The van der Waals surface area contributed by atoms with Crippen molar-refractivity contribution >= 4 is 0 Å². The SMILES string of the molecule is CCCCCC1=CCC(c2ccc(-c3ccc(C)c(F)c3F)c(F)c2F)OC1. The zero-order chi connectivity index (χ0) is 20.3. The molecule has 1 atom stereocenters. The van der Waals surface area contributed by atoms with Gasteiger partial charge in [0.2, 0.25) is 0 Å². The van der Waals surface area contributed by atoms with Gasteiger partial charge in [0.05, 0.1) is 12.7 Å². The second kappa shape index (κ2) is 8.91. The van der Waals surface area contributed by atoms with E-state index in [1.54, 1.807) is 0 Å². The molecule has 1 unspecified atom stereocenters. The van der Waals surface area contributed by atoms with Crippen molar-refractivity contribution in [2.24, 2.45) is 0 Å². The van der Waals surface area contributed by atoms with E-state index in [0.717, 1.165) is 25.7 Å². The maximum Gasteiger partial charge on any atom is 0.167 e. The van der Waals surface area contributed by atoms with Crippen LogP contribution in [0.1, 0.15) is 56.3 Å². The molecular weight excluding hydrogens is 368 g/mol. The fourth-order valence-electron chi connectivity index (χ4n) is 3.48. The van der Waals surface area contributed by atoms with E-state index >= 15 is 0 Å². The summed E-state index contributed by atoms with van der Waals surface area (Å²) >= 11 is 0. The second-order valence-corrected chi connectivity index (χ2v) is 7.24. The summed E-state index contributed by atoms with van der Waals surface area (Å²) in [4.78, 5) is 0. The van der Waals surface area contributed by atoms with Gasteiger partial charge in [0.1, 0.15) is 0 Å². The number of unbranched alkanes of at least 4 members (excludes halogenated alkanes) is 2. The normalized spacial score (nSPS) is 16.9. The molecule has 5 heteroatoms. The van der Waals surface area contributed by atoms with Crippen LogP contribution in [-0.4, -0.2) is 6.61 Å². The summed E-state index contributed by atoms with van der Waals surface area (Å²) in [5.41, 5.74) is 0.784. The summed E-state index contributed by atoms with van der Waals surface area (Å²) < 4.78 is 63.1. The van der Waals surface area contributed by atoms with E-state index in [9.17, 15) is 17.6 Å². The fraction of sp³-hybridized carbons (Fsp3) is 0.391. The van der Waals surface area contributed by atoms with Gasteiger partial charge in [-0.05, 0) is 37.3 Å². The minimum Gasteiger partial charge on any atom is -0.369 e. The lowest BCUT2D eigenvalue weighted by molar-refractivity contribution is 0.0567. The molecule has 0 aliphatic carbocycles. The van der Waals surface area contributed by atoms with E-state index in [1.165, 1.54) is 36.8 Å². The highest BCUT2D eigenvalue weighted by Gasteiger charge is 2.25. The number of rotatable bonds is 6. The van der Waals surface area contributed by atoms with Crippen LogP contribution in [0.4, 0.5) is 17.6 Å². The maximum absolute atomic E-state index is 14.7. The van der Waals surface area contributed by atoms with Crippen molar-refractivity contribution in [1.82, 2.24) is 0 Å². The Hall–Kier alpha value is -2.14. The highest BCUT2D eigenvalue weighted by molar-refractivity contribution is 5.66. The molecule has 2 aromatic carbocycles. The number of hydrogen-bond acceptors (Lipinski definition) is 1. The first-order valence-electron chi connectivity index (χ1n) is 9.66. The first kappa shape index (κ1) is 20.6. The molecule has 0 saturated heterocycles. The zero-order valence-electron chi connectivity index (χ0n) is 16.1. The highest BCUT2D eigenvalue weighted by Crippen LogP contribution is 2.35. The lowest BCUT2D eigenvalue weighted by atomic mass is 9.95. The van der Waals surface area contributed by atoms with Crippen molar-refractivity contribution in [2.45, 2.75) is 52.1 Å². The first-order chi connectivity index (χ1) is 13.4. The molecule has 150 valence electrons. The van der Waals surface area contributed by atoms with Crippen LogP contribution in [-0.2, 0) is 4.74 Å². The number of halogens is 4. The molecule has 28 heavy (non-hydrogen) atoms. The molecule has 1 aliphatic heterocycles. The molecule has 0 aromatic heterocycles. The minimum atomic E-state index is -1.19. The third kappa shape index (κ3) is 4.14. The molecule has 3 rings (SSSR count). The Bertz CT molecular complexity index is 889. The summed E-state index contributed by atoms with van der Waals surface area (Å²) in [6, 6.07) is 5.28. The summed E-state index contributed by atoms with van der Waals surface area (Å²) in [6.07, 6.45) is 6.24. The van der Waals surface area contributed by atoms with Crippen molar-refractivity contribution in [3.05, 3.63) is 70.3 Å². The van der Waals surface area contributed by atoms with Gasteiger partial charge in [0, 0.05) is 16.7 Å². The van der Waals surface area contributed by atoms with Gasteiger partial charge < -0.3 is 4.74 Å². The van der Waals surface area contributed by atoms with E-state index in [4.69, 9.17) is 4.74 Å². The Morgan fingerprint density at radius 3 is 2.21 bits per heavy atom. The Balaban J connectivity index is 1.83. The standard InChI is InChI=1S/C23H24F4O/c1-3-4-5-6-15-8-12-19(28-13-15)18-11-10-17(22(26)23(18)27)16-9-7-14(2)20(24)21(16)25/h7-11,19H,3-6,12-13H2,1-2H3. The molecule has 0 N–H and O–H groups in total. The van der Waals surface area contributed by atoms with Crippen molar-refractivity contribution in [1.29, 1.82) is 0 Å². The molecule has 1 heterocycles. The highest BCUT2D eigenvalue weighted by atomic mass is 19.2. The van der Waals surface area contributed by atoms with Crippen LogP contribution in [0.15, 0.2) is 35.9 Å². The van der Waals surface area contributed by atoms with Gasteiger partial charge in [0.15, 0.2) is 23.3 Å². The topological polar surface area (TPSA) is 9.23 Å². The van der Waals surface area contributed by atoms with Crippen LogP contribution in [0.3, 0.4) is 0 Å². The number of aryl methyl sites for hydroxylation is 1. The van der Waals surface area contributed by atoms with Crippen molar-refractivity contribution < 1.29 is 22.3 Å². The third-order valence-corrected chi connectivity index (χ3v) is 5.22. The molecule has 0 radical (unpaired) electrons. The van der Waals surface area contributed by atoms with Crippen LogP contribution in [0.25, 0.3) is 11.1 Å². The first-order valence-corrected chi connectivity index (χ1v) is 9.66. The second-order valence-electron chi connectivity index (χ2n) is 7.24. The maximum atomic E-state index is 14.7. The largest absolute Gasteiger partial charge is 0.369 e. The number of benzene rings is 2. The molecule has 0 amide bonds. The smallest absolute Gasteiger partial charge is 0.167 e. The molecule has 0 bridgehead atoms. The molecular formula is C23H24F4O. The Morgan fingerprint density at radius 1 is 0.893 bits per heavy atom. The lowest BCUT2D eigenvalue weighted by Crippen LogP contribution is -2.14. The molecule has 1 aliphatic rings. The van der Waals surface area contributed by atoms with Gasteiger partial charge in [-0.15, -0.1) is 0 Å². The number of ether oxygens (including phenoxy) is 1. The Labute approximate surface area is 163 Å². The van der Waals surface area contributed by atoms with Gasteiger partial charge in [-0.3, -0.25) is 0 Å². The molecule has 0 fully saturated rings. The van der Waals surface area contributed by atoms with Gasteiger partial charge in [-0.2, -0.15) is 0 Å². The van der Waals surface area contributed by atoms with E-state index in [1.807, 2.05) is 6.08 Å². The van der Waals surface area contributed by atoms with Crippen molar-refractivity contribution in [3.8, 4) is 11.1 Å². The Kier molecular flexibility index (Phi) is 6.55. The Morgan fingerprint density at radius 2 is 1.57 bits per heavy atom. The lowest BCUT2D eigenvalue weighted by Gasteiger charge is -2.24. The monoisotopic (exact) mass is 392 g/mol. The average molecular weight is 392 g/mol. The van der Waals surface area contributed by atoms with Gasteiger partial charge in [-0.1, -0.05) is 50.1 Å². The summed E-state index contributed by atoms with van der Waals surface area (Å²) in [5, 5.41) is 0. The molecule has 0 saturated carbocycles. The zero-order valence-corrected chi connectivity index (χ0v) is 16.1. The quantitative estimate of drug-likeness (QED) is 0.287. The molecule has 1 nitrogen and oxygen atoms in total. The van der Waals surface area contributed by atoms with Crippen LogP contribution < -0.4 is 0 Å². The van der Waals surface area contributed by atoms with Gasteiger partial charge in [-0.25, -0.2) is 17.6 Å². The van der Waals surface area contributed by atoms with E-state index in [0.29, 0.717) is 13.0 Å². The summed E-state index contributed by atoms with van der Waals surface area (Å²) in [5.74, 6) is -4.51. The van der Waals surface area contributed by atoms with Gasteiger partial charge in [0.25, 0.3) is 0 Å². The predicted molar refractivity (Wildman–Crippen MR) is 102 cm³/mol. The van der Waals surface area contributed by atoms with E-state index in [2.05, 4.69) is 6.92 Å². The minimum absolute atomic E-state index is 0.0955. The average Bonchev–Trinajstić information content (AvgIpc) is 2.70. The molecule has 2 aromatic rings. The van der Waals surface area contributed by atoms with Crippen molar-refractivity contribution in [2.75, 3.05) is 6.61 Å². The number of hydrogen-bond donors (Lipinski definition) is 0. The molecule has 0 spiro atoms. The predicted octanol–water partition coefficient (Wildman–Crippen LogP) is 7.19. The fourth-order valence-corrected chi connectivity index (χ4v) is 3.48. The summed E-state index contributed by atoms with van der Waals surface area (Å²) in [7, 11) is 0. The van der Waals surface area contributed by atoms with Crippen LogP contribution in [0, 0.1) is 30.2 Å². The van der Waals surface area contributed by atoms with Crippen LogP contribution in [0.2, 0.25) is 0 Å². The van der Waals surface area contributed by atoms with Crippen LogP contribution in [0.5, 0.6) is 0 Å².